The van der Waals surface area contributed by atoms with Crippen molar-refractivity contribution in [2.75, 3.05) is 0 Å². The summed E-state index contributed by atoms with van der Waals surface area (Å²) in [7, 11) is 0. The van der Waals surface area contributed by atoms with Gasteiger partial charge in [0.25, 0.3) is 5.91 Å². The van der Waals surface area contributed by atoms with Crippen molar-refractivity contribution in [3.8, 4) is 0 Å². The van der Waals surface area contributed by atoms with Gasteiger partial charge in [-0.3, -0.25) is 14.8 Å². The van der Waals surface area contributed by atoms with Crippen LogP contribution in [0.15, 0.2) is 48.8 Å². The molecule has 1 N–H and O–H groups in total. The molecule has 0 bridgehead atoms. The van der Waals surface area contributed by atoms with Gasteiger partial charge in [-0.25, -0.2) is 0 Å². The van der Waals surface area contributed by atoms with Crippen LogP contribution in [0.25, 0.3) is 0 Å². The second-order valence-corrected chi connectivity index (χ2v) is 3.22. The maximum atomic E-state index is 11.6. The Hall–Kier alpha value is -2.23. The fourth-order valence-electron chi connectivity index (χ4n) is 1.26. The molecule has 0 saturated heterocycles. The number of rotatable bonds is 3. The molecule has 0 saturated carbocycles. The van der Waals surface area contributed by atoms with Crippen LogP contribution < -0.4 is 5.32 Å². The van der Waals surface area contributed by atoms with Crippen LogP contribution in [-0.4, -0.2) is 15.9 Å². The minimum atomic E-state index is -0.189. The highest BCUT2D eigenvalue weighted by Crippen LogP contribution is 1.96. The predicted molar refractivity (Wildman–Crippen MR) is 59.6 cm³/mol. The molecule has 0 atom stereocenters. The van der Waals surface area contributed by atoms with Crippen molar-refractivity contribution in [1.82, 2.24) is 15.3 Å². The van der Waals surface area contributed by atoms with Gasteiger partial charge in [0.2, 0.25) is 0 Å². The third-order valence-electron chi connectivity index (χ3n) is 2.05. The third kappa shape index (κ3) is 2.63. The number of aromatic nitrogens is 2. The molecule has 2 aromatic heterocycles. The van der Waals surface area contributed by atoms with E-state index >= 15 is 0 Å². The Bertz CT molecular complexity index is 456. The number of hydrogen-bond acceptors (Lipinski definition) is 3. The fourth-order valence-corrected chi connectivity index (χ4v) is 1.26. The summed E-state index contributed by atoms with van der Waals surface area (Å²) in [5, 5.41) is 2.75. The van der Waals surface area contributed by atoms with E-state index in [1.54, 1.807) is 30.6 Å². The van der Waals surface area contributed by atoms with E-state index in [4.69, 9.17) is 0 Å². The molecule has 0 aliphatic rings. The van der Waals surface area contributed by atoms with Crippen molar-refractivity contribution >= 4 is 5.91 Å². The first kappa shape index (κ1) is 10.3. The summed E-state index contributed by atoms with van der Waals surface area (Å²) in [5.41, 5.74) is 1.24. The van der Waals surface area contributed by atoms with Gasteiger partial charge in [0, 0.05) is 12.4 Å². The molecule has 80 valence electrons. The van der Waals surface area contributed by atoms with E-state index in [0.717, 1.165) is 5.69 Å². The van der Waals surface area contributed by atoms with Crippen LogP contribution >= 0.6 is 0 Å². The Morgan fingerprint density at radius 2 is 1.81 bits per heavy atom. The predicted octanol–water partition coefficient (Wildman–Crippen LogP) is 1.41. The SMILES string of the molecule is O=C(NCc1ccccn1)c1ccccn1. The van der Waals surface area contributed by atoms with Gasteiger partial charge in [-0.05, 0) is 24.3 Å². The highest BCUT2D eigenvalue weighted by atomic mass is 16.1. The Morgan fingerprint density at radius 3 is 2.44 bits per heavy atom. The van der Waals surface area contributed by atoms with Crippen molar-refractivity contribution in [3.63, 3.8) is 0 Å². The van der Waals surface area contributed by atoms with Crippen molar-refractivity contribution < 1.29 is 4.79 Å². The summed E-state index contributed by atoms with van der Waals surface area (Å²) in [6.07, 6.45) is 3.29. The van der Waals surface area contributed by atoms with Crippen molar-refractivity contribution in [2.24, 2.45) is 0 Å². The third-order valence-corrected chi connectivity index (χ3v) is 2.05. The van der Waals surface area contributed by atoms with E-state index in [0.29, 0.717) is 12.2 Å². The number of pyridine rings is 2. The molecule has 0 aliphatic carbocycles. The summed E-state index contributed by atoms with van der Waals surface area (Å²) in [6.45, 7) is 0.413. The maximum Gasteiger partial charge on any atom is 0.270 e. The normalized spacial score (nSPS) is 9.75. The lowest BCUT2D eigenvalue weighted by Crippen LogP contribution is -2.24. The topological polar surface area (TPSA) is 54.9 Å². The number of nitrogens with one attached hydrogen (secondary N) is 1. The van der Waals surface area contributed by atoms with Crippen molar-refractivity contribution in [1.29, 1.82) is 0 Å². The molecule has 4 nitrogen and oxygen atoms in total. The molecule has 0 spiro atoms. The summed E-state index contributed by atoms with van der Waals surface area (Å²) < 4.78 is 0. The molecule has 16 heavy (non-hydrogen) atoms. The van der Waals surface area contributed by atoms with Gasteiger partial charge >= 0.3 is 0 Å². The van der Waals surface area contributed by atoms with E-state index in [2.05, 4.69) is 15.3 Å². The Morgan fingerprint density at radius 1 is 1.06 bits per heavy atom. The average molecular weight is 213 g/mol. The molecule has 2 rings (SSSR count). The summed E-state index contributed by atoms with van der Waals surface area (Å²) in [4.78, 5) is 19.7. The van der Waals surface area contributed by atoms with Crippen molar-refractivity contribution in [3.05, 3.63) is 60.2 Å². The van der Waals surface area contributed by atoms with Crippen LogP contribution in [-0.2, 0) is 6.54 Å². The first-order chi connectivity index (χ1) is 7.86. The molecule has 2 aromatic rings. The first-order valence-electron chi connectivity index (χ1n) is 4.95. The van der Waals surface area contributed by atoms with Gasteiger partial charge in [0.15, 0.2) is 0 Å². The molecule has 0 aliphatic heterocycles. The molecular formula is C12H11N3O. The number of carbonyl (C=O) groups is 1. The van der Waals surface area contributed by atoms with Gasteiger partial charge in [-0.1, -0.05) is 12.1 Å². The van der Waals surface area contributed by atoms with Crippen LogP contribution in [0.2, 0.25) is 0 Å². The second-order valence-electron chi connectivity index (χ2n) is 3.22. The van der Waals surface area contributed by atoms with Gasteiger partial charge in [0.1, 0.15) is 5.69 Å². The zero-order valence-corrected chi connectivity index (χ0v) is 8.63. The molecule has 0 aromatic carbocycles. The summed E-state index contributed by atoms with van der Waals surface area (Å²) in [6, 6.07) is 10.8. The van der Waals surface area contributed by atoms with E-state index < -0.39 is 0 Å². The van der Waals surface area contributed by atoms with Gasteiger partial charge in [0.05, 0.1) is 12.2 Å². The summed E-state index contributed by atoms with van der Waals surface area (Å²) in [5.74, 6) is -0.189. The second kappa shape index (κ2) is 5.02. The molecule has 2 heterocycles. The van der Waals surface area contributed by atoms with Crippen LogP contribution in [0, 0.1) is 0 Å². The fraction of sp³-hybridized carbons (Fsp3) is 0.0833. The smallest absolute Gasteiger partial charge is 0.270 e. The molecule has 1 amide bonds. The van der Waals surface area contributed by atoms with E-state index in [1.807, 2.05) is 18.2 Å². The van der Waals surface area contributed by atoms with Gasteiger partial charge in [-0.2, -0.15) is 0 Å². The highest BCUT2D eigenvalue weighted by Gasteiger charge is 2.05. The van der Waals surface area contributed by atoms with Gasteiger partial charge < -0.3 is 5.32 Å². The highest BCUT2D eigenvalue weighted by molar-refractivity contribution is 5.92. The number of amides is 1. The Kier molecular flexibility index (Phi) is 3.23. The first-order valence-corrected chi connectivity index (χ1v) is 4.95. The minimum absolute atomic E-state index is 0.189. The van der Waals surface area contributed by atoms with Crippen molar-refractivity contribution in [2.45, 2.75) is 6.54 Å². The lowest BCUT2D eigenvalue weighted by molar-refractivity contribution is 0.0945. The van der Waals surface area contributed by atoms with Crippen LogP contribution in [0.1, 0.15) is 16.2 Å². The van der Waals surface area contributed by atoms with E-state index in [9.17, 15) is 4.79 Å². The molecular weight excluding hydrogens is 202 g/mol. The minimum Gasteiger partial charge on any atom is -0.345 e. The molecule has 0 fully saturated rings. The number of nitrogens with zero attached hydrogens (tertiary/aromatic N) is 2. The number of hydrogen-bond donors (Lipinski definition) is 1. The zero-order valence-electron chi connectivity index (χ0n) is 8.63. The lowest BCUT2D eigenvalue weighted by atomic mass is 10.3. The Labute approximate surface area is 93.4 Å². The van der Waals surface area contributed by atoms with Crippen LogP contribution in [0.4, 0.5) is 0 Å². The lowest BCUT2D eigenvalue weighted by Gasteiger charge is -2.03. The van der Waals surface area contributed by atoms with Gasteiger partial charge in [-0.15, -0.1) is 0 Å². The average Bonchev–Trinajstić information content (AvgIpc) is 2.38. The standard InChI is InChI=1S/C12H11N3O/c16-12(11-6-2-4-8-14-11)15-9-10-5-1-3-7-13-10/h1-8H,9H2,(H,15,16). The van der Waals surface area contributed by atoms with Crippen LogP contribution in [0.5, 0.6) is 0 Å². The quantitative estimate of drug-likeness (QED) is 0.838. The Balaban J connectivity index is 1.95. The largest absolute Gasteiger partial charge is 0.345 e. The summed E-state index contributed by atoms with van der Waals surface area (Å²) >= 11 is 0. The molecule has 0 radical (unpaired) electrons. The zero-order chi connectivity index (χ0) is 11.2. The molecule has 0 unspecified atom stereocenters. The molecule has 4 heteroatoms. The van der Waals surface area contributed by atoms with E-state index in [-0.39, 0.29) is 5.91 Å². The van der Waals surface area contributed by atoms with E-state index in [1.165, 1.54) is 0 Å². The number of carbonyl (C=O) groups excluding carboxylic acids is 1. The van der Waals surface area contributed by atoms with Crippen LogP contribution in [0.3, 0.4) is 0 Å². The maximum absolute atomic E-state index is 11.6. The monoisotopic (exact) mass is 213 g/mol.